The van der Waals surface area contributed by atoms with Crippen LogP contribution >= 0.6 is 11.9 Å². The summed E-state index contributed by atoms with van der Waals surface area (Å²) in [6.45, 7) is 7.65. The number of rotatable bonds is 5. The molecular formula is C26H33N2O2S+. The van der Waals surface area contributed by atoms with Gasteiger partial charge in [-0.05, 0) is 73.9 Å². The van der Waals surface area contributed by atoms with Crippen LogP contribution in [0.1, 0.15) is 60.8 Å². The molecule has 1 aromatic rings. The highest BCUT2D eigenvalue weighted by Gasteiger charge is 2.47. The Morgan fingerprint density at radius 2 is 1.74 bits per heavy atom. The number of carbonyl (C=O) groups excluding carboxylic acids is 2. The van der Waals surface area contributed by atoms with E-state index in [1.54, 1.807) is 6.20 Å². The summed E-state index contributed by atoms with van der Waals surface area (Å²) in [6, 6.07) is 4.00. The lowest BCUT2D eigenvalue weighted by molar-refractivity contribution is -0.274. The predicted octanol–water partition coefficient (Wildman–Crippen LogP) is 3.73. The molecule has 0 aromatic heterocycles. The molecule has 0 atom stereocenters. The van der Waals surface area contributed by atoms with Crippen LogP contribution in [0.15, 0.2) is 36.6 Å². The zero-order chi connectivity index (χ0) is 22.4. The molecule has 0 bridgehead atoms. The summed E-state index contributed by atoms with van der Waals surface area (Å²) in [4.78, 5) is 26.5. The van der Waals surface area contributed by atoms with Gasteiger partial charge in [0, 0.05) is 37.2 Å². The number of Topliss-reactive ketones (excluding diaryl/α,β-unsaturated/α-hetero) is 2. The number of aryl methyl sites for hydroxylation is 2. The number of nitrogens with zero attached hydrogens (tertiary/aromatic N) is 1. The zero-order valence-electron chi connectivity index (χ0n) is 18.9. The SMILES string of the molecule is CC#Cc1cc(C)c(C2C(=O)CC3(CCN(SC/C=C\C=C/[NH3+])CC3)CC2=O)c(C)c1. The highest BCUT2D eigenvalue weighted by atomic mass is 32.2. The molecule has 31 heavy (non-hydrogen) atoms. The Bertz CT molecular complexity index is 916. The van der Waals surface area contributed by atoms with Gasteiger partial charge in [0.15, 0.2) is 0 Å². The third-order valence-corrected chi connectivity index (χ3v) is 7.49. The first-order chi connectivity index (χ1) is 14.9. The van der Waals surface area contributed by atoms with Crippen LogP contribution in [-0.2, 0) is 9.59 Å². The number of quaternary nitrogens is 1. The van der Waals surface area contributed by atoms with Crippen molar-refractivity contribution in [1.82, 2.24) is 4.31 Å². The van der Waals surface area contributed by atoms with Gasteiger partial charge in [0.05, 0.1) is 6.20 Å². The first-order valence-corrected chi connectivity index (χ1v) is 11.9. The second-order valence-electron chi connectivity index (χ2n) is 8.70. The zero-order valence-corrected chi connectivity index (χ0v) is 19.7. The highest BCUT2D eigenvalue weighted by Crippen LogP contribution is 2.47. The van der Waals surface area contributed by atoms with Gasteiger partial charge in [-0.25, -0.2) is 0 Å². The minimum Gasteiger partial charge on any atom is -0.331 e. The molecule has 1 spiro atoms. The average molecular weight is 438 g/mol. The molecule has 0 amide bonds. The highest BCUT2D eigenvalue weighted by molar-refractivity contribution is 7.97. The molecule has 1 saturated carbocycles. The summed E-state index contributed by atoms with van der Waals surface area (Å²) in [5, 5.41) is 0. The van der Waals surface area contributed by atoms with Crippen LogP contribution in [-0.4, -0.2) is 34.7 Å². The van der Waals surface area contributed by atoms with Crippen LogP contribution < -0.4 is 5.73 Å². The minimum atomic E-state index is -0.604. The van der Waals surface area contributed by atoms with Gasteiger partial charge in [-0.3, -0.25) is 13.9 Å². The largest absolute Gasteiger partial charge is 0.331 e. The molecular weight excluding hydrogens is 404 g/mol. The molecule has 5 heteroatoms. The Morgan fingerprint density at radius 3 is 2.29 bits per heavy atom. The normalized spacial score (nSPS) is 20.0. The van der Waals surface area contributed by atoms with E-state index < -0.39 is 5.92 Å². The van der Waals surface area contributed by atoms with E-state index in [1.165, 1.54) is 0 Å². The summed E-state index contributed by atoms with van der Waals surface area (Å²) in [6.07, 6.45) is 10.7. The molecule has 2 fully saturated rings. The Hall–Kier alpha value is -2.13. The Kier molecular flexibility index (Phi) is 7.94. The van der Waals surface area contributed by atoms with Crippen LogP contribution in [0.2, 0.25) is 0 Å². The number of hydrogen-bond donors (Lipinski definition) is 1. The molecule has 1 aliphatic heterocycles. The van der Waals surface area contributed by atoms with Crippen LogP contribution in [0.3, 0.4) is 0 Å². The predicted molar refractivity (Wildman–Crippen MR) is 127 cm³/mol. The summed E-state index contributed by atoms with van der Waals surface area (Å²) in [5.74, 6) is 6.52. The number of ketones is 2. The van der Waals surface area contributed by atoms with Gasteiger partial charge >= 0.3 is 0 Å². The van der Waals surface area contributed by atoms with Crippen molar-refractivity contribution in [3.05, 3.63) is 58.8 Å². The fourth-order valence-corrected chi connectivity index (χ4v) is 5.81. The molecule has 3 rings (SSSR count). The first kappa shape index (κ1) is 23.5. The lowest BCUT2D eigenvalue weighted by Crippen LogP contribution is -2.45. The average Bonchev–Trinajstić information content (AvgIpc) is 2.71. The maximum Gasteiger partial charge on any atom is 0.148 e. The molecule has 2 aliphatic rings. The van der Waals surface area contributed by atoms with Gasteiger partial charge in [-0.2, -0.15) is 0 Å². The van der Waals surface area contributed by atoms with Crippen molar-refractivity contribution >= 4 is 23.5 Å². The van der Waals surface area contributed by atoms with E-state index in [1.807, 2.05) is 57.0 Å². The molecule has 164 valence electrons. The van der Waals surface area contributed by atoms with Gasteiger partial charge in [-0.15, -0.1) is 5.92 Å². The van der Waals surface area contributed by atoms with Gasteiger partial charge in [0.1, 0.15) is 17.5 Å². The van der Waals surface area contributed by atoms with E-state index in [-0.39, 0.29) is 17.0 Å². The lowest BCUT2D eigenvalue weighted by atomic mass is 9.63. The van der Waals surface area contributed by atoms with Crippen molar-refractivity contribution in [2.75, 3.05) is 18.8 Å². The summed E-state index contributed by atoms with van der Waals surface area (Å²) in [5.41, 5.74) is 7.35. The molecule has 0 radical (unpaired) electrons. The van der Waals surface area contributed by atoms with Crippen molar-refractivity contribution in [1.29, 1.82) is 0 Å². The fourth-order valence-electron chi connectivity index (χ4n) is 4.96. The summed E-state index contributed by atoms with van der Waals surface area (Å²) >= 11 is 1.81. The van der Waals surface area contributed by atoms with Gasteiger partial charge in [-0.1, -0.05) is 30.0 Å². The quantitative estimate of drug-likeness (QED) is 0.330. The molecule has 3 N–H and O–H groups in total. The number of carbonyl (C=O) groups is 2. The second-order valence-corrected chi connectivity index (χ2v) is 9.81. The summed E-state index contributed by atoms with van der Waals surface area (Å²) in [7, 11) is 0. The van der Waals surface area contributed by atoms with Crippen molar-refractivity contribution < 1.29 is 15.3 Å². The molecule has 0 unspecified atom stereocenters. The number of benzene rings is 1. The molecule has 1 aromatic carbocycles. The lowest BCUT2D eigenvalue weighted by Gasteiger charge is -2.44. The Balaban J connectivity index is 1.67. The second kappa shape index (κ2) is 10.5. The standard InChI is InChI=1S/C26H32N2O2S/c1-4-8-21-15-19(2)24(20(3)16-21)25-22(29)17-26(18-23(25)30)9-12-28(13-10-26)31-14-7-5-6-11-27/h5-7,11,15-16,25H,9-10,12-14,17-18,27H2,1-3H3/p+1/b7-5-,11-6-. The minimum absolute atomic E-state index is 0.0979. The third kappa shape index (κ3) is 5.57. The maximum absolute atomic E-state index is 13.3. The third-order valence-electron chi connectivity index (χ3n) is 6.41. The van der Waals surface area contributed by atoms with Gasteiger partial charge in [0.25, 0.3) is 0 Å². The van der Waals surface area contributed by atoms with Crippen molar-refractivity contribution in [2.45, 2.75) is 52.4 Å². The summed E-state index contributed by atoms with van der Waals surface area (Å²) < 4.78 is 2.37. The fraction of sp³-hybridized carbons (Fsp3) is 0.462. The van der Waals surface area contributed by atoms with Crippen LogP contribution in [0, 0.1) is 31.1 Å². The smallest absolute Gasteiger partial charge is 0.148 e. The topological polar surface area (TPSA) is 65.0 Å². The van der Waals surface area contributed by atoms with Crippen molar-refractivity contribution in [2.24, 2.45) is 5.41 Å². The number of hydrogen-bond acceptors (Lipinski definition) is 4. The van der Waals surface area contributed by atoms with Crippen molar-refractivity contribution in [3.8, 4) is 11.8 Å². The molecule has 1 heterocycles. The van der Waals surface area contributed by atoms with Crippen LogP contribution in [0.4, 0.5) is 0 Å². The first-order valence-electron chi connectivity index (χ1n) is 11.0. The van der Waals surface area contributed by atoms with E-state index in [2.05, 4.69) is 28.0 Å². The van der Waals surface area contributed by atoms with Gasteiger partial charge < -0.3 is 5.73 Å². The Morgan fingerprint density at radius 1 is 1.13 bits per heavy atom. The van der Waals surface area contributed by atoms with Gasteiger partial charge in [0.2, 0.25) is 0 Å². The molecule has 4 nitrogen and oxygen atoms in total. The molecule has 1 saturated heterocycles. The van der Waals surface area contributed by atoms with E-state index in [0.29, 0.717) is 12.8 Å². The maximum atomic E-state index is 13.3. The van der Waals surface area contributed by atoms with Crippen LogP contribution in [0.5, 0.6) is 0 Å². The van der Waals surface area contributed by atoms with E-state index in [0.717, 1.165) is 53.9 Å². The number of piperidine rings is 1. The van der Waals surface area contributed by atoms with E-state index in [4.69, 9.17) is 0 Å². The van der Waals surface area contributed by atoms with E-state index >= 15 is 0 Å². The van der Waals surface area contributed by atoms with Crippen molar-refractivity contribution in [3.63, 3.8) is 0 Å². The number of allylic oxidation sites excluding steroid dienone is 2. The van der Waals surface area contributed by atoms with Crippen LogP contribution in [0.25, 0.3) is 0 Å². The monoisotopic (exact) mass is 437 g/mol. The molecule has 1 aliphatic carbocycles. The van der Waals surface area contributed by atoms with E-state index in [9.17, 15) is 9.59 Å². The Labute approximate surface area is 190 Å².